The molecule has 0 bridgehead atoms. The molecule has 3 heteroatoms. The quantitative estimate of drug-likeness (QED) is 0.713. The van der Waals surface area contributed by atoms with Crippen LogP contribution in [0.2, 0.25) is 19.6 Å². The summed E-state index contributed by atoms with van der Waals surface area (Å²) in [5.41, 5.74) is 4.60. The third kappa shape index (κ3) is 4.19. The van der Waals surface area contributed by atoms with Gasteiger partial charge in [-0.2, -0.15) is 0 Å². The summed E-state index contributed by atoms with van der Waals surface area (Å²) in [5, 5.41) is 0. The Labute approximate surface area is 139 Å². The first kappa shape index (κ1) is 16.2. The molecule has 0 unspecified atom stereocenters. The van der Waals surface area contributed by atoms with E-state index in [1.807, 2.05) is 36.4 Å². The predicted molar refractivity (Wildman–Crippen MR) is 96.8 cm³/mol. The Morgan fingerprint density at radius 2 is 1.17 bits per heavy atom. The predicted octanol–water partition coefficient (Wildman–Crippen LogP) is 5.28. The van der Waals surface area contributed by atoms with Crippen molar-refractivity contribution in [3.63, 3.8) is 0 Å². The zero-order valence-corrected chi connectivity index (χ0v) is 15.0. The lowest BCUT2D eigenvalue weighted by atomic mass is 9.99. The van der Waals surface area contributed by atoms with Gasteiger partial charge in [-0.3, -0.25) is 0 Å². The molecule has 2 aromatic rings. The van der Waals surface area contributed by atoms with Crippen molar-refractivity contribution in [2.45, 2.75) is 38.1 Å². The Balaban J connectivity index is 1.87. The van der Waals surface area contributed by atoms with Gasteiger partial charge in [-0.25, -0.2) is 0 Å². The normalized spacial score (nSPS) is 22.7. The van der Waals surface area contributed by atoms with Crippen LogP contribution >= 0.6 is 0 Å². The lowest BCUT2D eigenvalue weighted by molar-refractivity contribution is -0.0289. The van der Waals surface area contributed by atoms with E-state index in [0.29, 0.717) is 0 Å². The fourth-order valence-electron chi connectivity index (χ4n) is 2.71. The molecule has 23 heavy (non-hydrogen) atoms. The molecular formula is C20H24O2Si. The summed E-state index contributed by atoms with van der Waals surface area (Å²) in [6, 6.07) is 20.7. The van der Waals surface area contributed by atoms with Gasteiger partial charge >= 0.3 is 0 Å². The van der Waals surface area contributed by atoms with Crippen LogP contribution in [-0.2, 0) is 9.47 Å². The molecule has 120 valence electrons. The van der Waals surface area contributed by atoms with Crippen molar-refractivity contribution in [1.82, 2.24) is 0 Å². The lowest BCUT2D eigenvalue weighted by Gasteiger charge is -2.17. The van der Waals surface area contributed by atoms with Crippen molar-refractivity contribution in [3.8, 4) is 0 Å². The van der Waals surface area contributed by atoms with Gasteiger partial charge in [-0.1, -0.05) is 86.0 Å². The third-order valence-corrected chi connectivity index (χ3v) is 5.04. The minimum Gasteiger partial charge on any atom is -0.338 e. The monoisotopic (exact) mass is 324 g/mol. The van der Waals surface area contributed by atoms with Crippen LogP contribution in [0.5, 0.6) is 0 Å². The summed E-state index contributed by atoms with van der Waals surface area (Å²) < 4.78 is 12.4. The Hall–Kier alpha value is -1.68. The molecule has 0 spiro atoms. The van der Waals surface area contributed by atoms with E-state index >= 15 is 0 Å². The third-order valence-electron chi connectivity index (χ3n) is 3.85. The van der Waals surface area contributed by atoms with Crippen molar-refractivity contribution in [1.29, 1.82) is 0 Å². The van der Waals surface area contributed by atoms with Gasteiger partial charge in [0.15, 0.2) is 6.29 Å². The van der Waals surface area contributed by atoms with E-state index in [1.165, 1.54) is 0 Å². The molecule has 2 nitrogen and oxygen atoms in total. The molecule has 0 aliphatic carbocycles. The molecule has 1 aliphatic heterocycles. The van der Waals surface area contributed by atoms with Gasteiger partial charge in [-0.05, 0) is 17.2 Å². The Bertz CT molecular complexity index is 599. The molecule has 0 radical (unpaired) electrons. The summed E-state index contributed by atoms with van der Waals surface area (Å²) in [7, 11) is -1.27. The smallest absolute Gasteiger partial charge is 0.178 e. The van der Waals surface area contributed by atoms with Gasteiger partial charge in [0.25, 0.3) is 0 Å². The first-order valence-corrected chi connectivity index (χ1v) is 11.7. The van der Waals surface area contributed by atoms with Crippen LogP contribution in [0.25, 0.3) is 0 Å². The van der Waals surface area contributed by atoms with Gasteiger partial charge < -0.3 is 9.47 Å². The highest BCUT2D eigenvalue weighted by molar-refractivity contribution is 6.80. The second-order valence-corrected chi connectivity index (χ2v) is 12.1. The van der Waals surface area contributed by atoms with Gasteiger partial charge in [0.1, 0.15) is 12.2 Å². The molecule has 0 N–H and O–H groups in total. The maximum Gasteiger partial charge on any atom is 0.178 e. The van der Waals surface area contributed by atoms with Crippen LogP contribution in [0, 0.1) is 0 Å². The molecule has 2 aromatic carbocycles. The highest BCUT2D eigenvalue weighted by Gasteiger charge is 2.37. The summed E-state index contributed by atoms with van der Waals surface area (Å²) in [6.45, 7) is 6.92. The Kier molecular flexibility index (Phi) is 4.81. The standard InChI is InChI=1S/C20H24O2Si/c1-23(2,3)15-14-18-21-19(16-10-6-4-7-11-16)20(22-18)17-12-8-5-9-13-17/h4-15,18-20H,1-3H3/b15-14+/t19-,20-/m1/s1. The maximum absolute atomic E-state index is 6.22. The summed E-state index contributed by atoms with van der Waals surface area (Å²) in [6.07, 6.45) is 1.66. The zero-order valence-electron chi connectivity index (χ0n) is 14.0. The van der Waals surface area contributed by atoms with Crippen molar-refractivity contribution in [2.75, 3.05) is 0 Å². The van der Waals surface area contributed by atoms with E-state index < -0.39 is 8.07 Å². The summed E-state index contributed by atoms with van der Waals surface area (Å²) >= 11 is 0. The number of ether oxygens (including phenoxy) is 2. The van der Waals surface area contributed by atoms with Crippen molar-refractivity contribution in [2.24, 2.45) is 0 Å². The molecule has 1 heterocycles. The van der Waals surface area contributed by atoms with E-state index in [4.69, 9.17) is 9.47 Å². The number of hydrogen-bond donors (Lipinski definition) is 0. The molecule has 1 saturated heterocycles. The molecule has 1 fully saturated rings. The van der Waals surface area contributed by atoms with E-state index in [2.05, 4.69) is 55.7 Å². The summed E-state index contributed by atoms with van der Waals surface area (Å²) in [5.74, 6) is 0. The van der Waals surface area contributed by atoms with Crippen molar-refractivity contribution >= 4 is 8.07 Å². The SMILES string of the molecule is C[Si](C)(C)/C=C/C1O[C@H](c2ccccc2)[C@@H](c2ccccc2)O1. The molecule has 0 aromatic heterocycles. The van der Waals surface area contributed by atoms with Crippen LogP contribution in [0.3, 0.4) is 0 Å². The molecule has 2 atom stereocenters. The van der Waals surface area contributed by atoms with E-state index in [0.717, 1.165) is 11.1 Å². The molecule has 0 saturated carbocycles. The summed E-state index contributed by atoms with van der Waals surface area (Å²) in [4.78, 5) is 0. The second kappa shape index (κ2) is 6.83. The van der Waals surface area contributed by atoms with E-state index in [-0.39, 0.29) is 18.5 Å². The van der Waals surface area contributed by atoms with Crippen molar-refractivity contribution < 1.29 is 9.47 Å². The Morgan fingerprint density at radius 1 is 0.739 bits per heavy atom. The number of benzene rings is 2. The van der Waals surface area contributed by atoms with E-state index in [9.17, 15) is 0 Å². The van der Waals surface area contributed by atoms with Gasteiger partial charge in [0.05, 0.1) is 8.07 Å². The molecule has 0 amide bonds. The minimum atomic E-state index is -1.27. The number of rotatable bonds is 4. The first-order chi connectivity index (χ1) is 11.0. The largest absolute Gasteiger partial charge is 0.338 e. The topological polar surface area (TPSA) is 18.5 Å². The second-order valence-electron chi connectivity index (χ2n) is 7.03. The number of hydrogen-bond acceptors (Lipinski definition) is 2. The molecule has 3 rings (SSSR count). The molecular weight excluding hydrogens is 300 g/mol. The van der Waals surface area contributed by atoms with Crippen LogP contribution in [-0.4, -0.2) is 14.4 Å². The van der Waals surface area contributed by atoms with Gasteiger partial charge in [0.2, 0.25) is 0 Å². The van der Waals surface area contributed by atoms with Crippen LogP contribution in [0.4, 0.5) is 0 Å². The average molecular weight is 324 g/mol. The highest BCUT2D eigenvalue weighted by Crippen LogP contribution is 2.42. The minimum absolute atomic E-state index is 0.0742. The van der Waals surface area contributed by atoms with Crippen molar-refractivity contribution in [3.05, 3.63) is 83.6 Å². The van der Waals surface area contributed by atoms with Gasteiger partial charge in [0, 0.05) is 0 Å². The van der Waals surface area contributed by atoms with Crippen LogP contribution < -0.4 is 0 Å². The van der Waals surface area contributed by atoms with Crippen LogP contribution in [0.15, 0.2) is 72.4 Å². The fraction of sp³-hybridized carbons (Fsp3) is 0.300. The maximum atomic E-state index is 6.22. The van der Waals surface area contributed by atoms with Crippen LogP contribution in [0.1, 0.15) is 23.3 Å². The lowest BCUT2D eigenvalue weighted by Crippen LogP contribution is -2.17. The zero-order chi connectivity index (χ0) is 16.3. The van der Waals surface area contributed by atoms with Gasteiger partial charge in [-0.15, -0.1) is 0 Å². The highest BCUT2D eigenvalue weighted by atomic mass is 28.3. The van der Waals surface area contributed by atoms with E-state index in [1.54, 1.807) is 0 Å². The first-order valence-electron chi connectivity index (χ1n) is 8.13. The molecule has 1 aliphatic rings. The average Bonchev–Trinajstić information content (AvgIpc) is 2.98. The Morgan fingerprint density at radius 3 is 1.57 bits per heavy atom. The fourth-order valence-corrected chi connectivity index (χ4v) is 3.45.